The number of aryl methyl sites for hydroxylation is 1. The minimum Gasteiger partial charge on any atom is -0.256 e. The zero-order valence-electron chi connectivity index (χ0n) is 9.99. The van der Waals surface area contributed by atoms with Crippen molar-refractivity contribution in [2.45, 2.75) is 13.8 Å². The van der Waals surface area contributed by atoms with Crippen LogP contribution in [0.1, 0.15) is 11.1 Å². The van der Waals surface area contributed by atoms with Gasteiger partial charge in [0.25, 0.3) is 0 Å². The fraction of sp³-hybridized carbons (Fsp3) is 0.154. The Morgan fingerprint density at radius 2 is 1.26 bits per heavy atom. The second-order valence-corrected chi connectivity index (χ2v) is 5.94. The van der Waals surface area contributed by atoms with Gasteiger partial charge in [-0.15, -0.1) is 0 Å². The van der Waals surface area contributed by atoms with Crippen molar-refractivity contribution in [1.29, 1.82) is 0 Å². The predicted octanol–water partition coefficient (Wildman–Crippen LogP) is 6.63. The molecule has 0 N–H and O–H groups in total. The Labute approximate surface area is 136 Å². The molecule has 0 fully saturated rings. The van der Waals surface area contributed by atoms with Crippen molar-refractivity contribution in [3.8, 4) is 11.3 Å². The molecular formula is C13H8Cl5N. The van der Waals surface area contributed by atoms with E-state index in [0.717, 1.165) is 11.1 Å². The Balaban J connectivity index is 2.87. The molecular weight excluding hydrogens is 347 g/mol. The van der Waals surface area contributed by atoms with E-state index in [9.17, 15) is 0 Å². The van der Waals surface area contributed by atoms with E-state index < -0.39 is 0 Å². The van der Waals surface area contributed by atoms with E-state index in [1.165, 1.54) is 0 Å². The van der Waals surface area contributed by atoms with Gasteiger partial charge in [0, 0.05) is 11.8 Å². The van der Waals surface area contributed by atoms with E-state index in [1.807, 2.05) is 19.9 Å². The Morgan fingerprint density at radius 3 is 1.79 bits per heavy atom. The number of pyridine rings is 1. The van der Waals surface area contributed by atoms with Gasteiger partial charge in [0.15, 0.2) is 0 Å². The van der Waals surface area contributed by atoms with Gasteiger partial charge >= 0.3 is 0 Å². The summed E-state index contributed by atoms with van der Waals surface area (Å²) in [7, 11) is 0. The summed E-state index contributed by atoms with van der Waals surface area (Å²) >= 11 is 30.6. The van der Waals surface area contributed by atoms with Crippen LogP contribution in [0, 0.1) is 13.8 Å². The maximum absolute atomic E-state index is 6.24. The molecule has 2 rings (SSSR count). The lowest BCUT2D eigenvalue weighted by Gasteiger charge is -2.14. The van der Waals surface area contributed by atoms with Gasteiger partial charge in [-0.2, -0.15) is 0 Å². The smallest absolute Gasteiger partial charge is 0.0809 e. The molecule has 0 aliphatic rings. The first kappa shape index (κ1) is 15.2. The van der Waals surface area contributed by atoms with Crippen LogP contribution in [0.4, 0.5) is 0 Å². The first-order valence-corrected chi connectivity index (χ1v) is 7.19. The number of nitrogens with zero attached hydrogens (tertiary/aromatic N) is 1. The van der Waals surface area contributed by atoms with Gasteiger partial charge in [-0.05, 0) is 31.0 Å². The highest BCUT2D eigenvalue weighted by atomic mass is 35.5. The molecule has 0 saturated heterocycles. The van der Waals surface area contributed by atoms with E-state index in [0.29, 0.717) is 11.3 Å². The maximum Gasteiger partial charge on any atom is 0.0809 e. The Morgan fingerprint density at radius 1 is 0.789 bits per heavy atom. The van der Waals surface area contributed by atoms with E-state index in [2.05, 4.69) is 4.98 Å². The molecule has 0 saturated carbocycles. The summed E-state index contributed by atoms with van der Waals surface area (Å²) in [4.78, 5) is 4.31. The Bertz CT molecular complexity index is 638. The highest BCUT2D eigenvalue weighted by molar-refractivity contribution is 6.56. The zero-order chi connectivity index (χ0) is 14.3. The van der Waals surface area contributed by atoms with Crippen LogP contribution in [-0.4, -0.2) is 4.98 Å². The molecule has 0 aliphatic heterocycles. The molecule has 1 nitrogen and oxygen atoms in total. The lowest BCUT2D eigenvalue weighted by Crippen LogP contribution is -1.94. The molecule has 2 aromatic rings. The lowest BCUT2D eigenvalue weighted by molar-refractivity contribution is 1.22. The molecule has 100 valence electrons. The second-order valence-electron chi connectivity index (χ2n) is 4.05. The second kappa shape index (κ2) is 5.67. The monoisotopic (exact) mass is 353 g/mol. The van der Waals surface area contributed by atoms with Gasteiger partial charge in [0.1, 0.15) is 0 Å². The standard InChI is InChI=1S/C13H8Cl5N/c1-5-3-4-19-13(6(5)2)7-8(14)10(16)12(18)11(17)9(7)15/h3-4H,1-2H3. The topological polar surface area (TPSA) is 12.9 Å². The molecule has 0 bridgehead atoms. The third-order valence-corrected chi connectivity index (χ3v) is 5.20. The van der Waals surface area contributed by atoms with Crippen molar-refractivity contribution in [3.63, 3.8) is 0 Å². The van der Waals surface area contributed by atoms with Crippen molar-refractivity contribution in [1.82, 2.24) is 4.98 Å². The van der Waals surface area contributed by atoms with Gasteiger partial charge in [0.2, 0.25) is 0 Å². The zero-order valence-corrected chi connectivity index (χ0v) is 13.8. The van der Waals surface area contributed by atoms with Crippen LogP contribution in [0.3, 0.4) is 0 Å². The Hall–Kier alpha value is -0.180. The van der Waals surface area contributed by atoms with E-state index in [4.69, 9.17) is 58.0 Å². The molecule has 1 heterocycles. The molecule has 0 unspecified atom stereocenters. The molecule has 0 amide bonds. The van der Waals surface area contributed by atoms with Crippen molar-refractivity contribution in [2.75, 3.05) is 0 Å². The number of benzene rings is 1. The first-order chi connectivity index (χ1) is 8.86. The maximum atomic E-state index is 6.24. The quantitative estimate of drug-likeness (QED) is 0.413. The number of rotatable bonds is 1. The van der Waals surface area contributed by atoms with E-state index >= 15 is 0 Å². The molecule has 0 aliphatic carbocycles. The van der Waals surface area contributed by atoms with Crippen molar-refractivity contribution in [2.24, 2.45) is 0 Å². The molecule has 0 atom stereocenters. The van der Waals surface area contributed by atoms with E-state index in [-0.39, 0.29) is 25.1 Å². The molecule has 1 aromatic carbocycles. The molecule has 0 radical (unpaired) electrons. The van der Waals surface area contributed by atoms with Gasteiger partial charge in [-0.1, -0.05) is 58.0 Å². The number of hydrogen-bond acceptors (Lipinski definition) is 1. The molecule has 6 heteroatoms. The van der Waals surface area contributed by atoms with Gasteiger partial charge in [-0.25, -0.2) is 0 Å². The van der Waals surface area contributed by atoms with Crippen molar-refractivity contribution >= 4 is 58.0 Å². The summed E-state index contributed by atoms with van der Waals surface area (Å²) in [5.74, 6) is 0. The minimum atomic E-state index is 0.146. The highest BCUT2D eigenvalue weighted by Crippen LogP contribution is 2.48. The average Bonchev–Trinajstić information content (AvgIpc) is 2.39. The predicted molar refractivity (Wildman–Crippen MR) is 84.2 cm³/mol. The van der Waals surface area contributed by atoms with Crippen LogP contribution in [-0.2, 0) is 0 Å². The summed E-state index contributed by atoms with van der Waals surface area (Å²) in [5, 5.41) is 1.00. The van der Waals surface area contributed by atoms with Gasteiger partial charge in [0.05, 0.1) is 30.8 Å². The summed E-state index contributed by atoms with van der Waals surface area (Å²) in [6.45, 7) is 3.90. The lowest BCUT2D eigenvalue weighted by atomic mass is 10.0. The van der Waals surface area contributed by atoms with Crippen LogP contribution in [0.2, 0.25) is 25.1 Å². The number of halogens is 5. The minimum absolute atomic E-state index is 0.146. The molecule has 1 aromatic heterocycles. The van der Waals surface area contributed by atoms with Crippen LogP contribution in [0.15, 0.2) is 12.3 Å². The molecule has 19 heavy (non-hydrogen) atoms. The van der Waals surface area contributed by atoms with Gasteiger partial charge < -0.3 is 0 Å². The molecule has 0 spiro atoms. The van der Waals surface area contributed by atoms with Crippen molar-refractivity contribution < 1.29 is 0 Å². The van der Waals surface area contributed by atoms with Crippen molar-refractivity contribution in [3.05, 3.63) is 48.5 Å². The van der Waals surface area contributed by atoms with Crippen LogP contribution < -0.4 is 0 Å². The largest absolute Gasteiger partial charge is 0.256 e. The third-order valence-electron chi connectivity index (χ3n) is 2.92. The summed E-state index contributed by atoms with van der Waals surface area (Å²) in [5.41, 5.74) is 3.18. The van der Waals surface area contributed by atoms with Crippen LogP contribution >= 0.6 is 58.0 Å². The van der Waals surface area contributed by atoms with Crippen LogP contribution in [0.25, 0.3) is 11.3 Å². The van der Waals surface area contributed by atoms with Crippen LogP contribution in [0.5, 0.6) is 0 Å². The summed E-state index contributed by atoms with van der Waals surface area (Å²) in [6, 6.07) is 1.90. The van der Waals surface area contributed by atoms with E-state index in [1.54, 1.807) is 6.20 Å². The Kier molecular flexibility index (Phi) is 4.54. The average molecular weight is 355 g/mol. The third kappa shape index (κ3) is 2.55. The number of hydrogen-bond donors (Lipinski definition) is 0. The highest BCUT2D eigenvalue weighted by Gasteiger charge is 2.22. The summed E-state index contributed by atoms with van der Waals surface area (Å²) < 4.78 is 0. The summed E-state index contributed by atoms with van der Waals surface area (Å²) in [6.07, 6.45) is 1.68. The normalized spacial score (nSPS) is 10.9. The fourth-order valence-corrected chi connectivity index (χ4v) is 3.01. The first-order valence-electron chi connectivity index (χ1n) is 5.30. The van der Waals surface area contributed by atoms with Gasteiger partial charge in [-0.3, -0.25) is 4.98 Å². The number of aromatic nitrogens is 1. The fourth-order valence-electron chi connectivity index (χ4n) is 1.70. The SMILES string of the molecule is Cc1ccnc(-c2c(Cl)c(Cl)c(Cl)c(Cl)c2Cl)c1C.